The normalized spacial score (nSPS) is 10.5. The van der Waals surface area contributed by atoms with Crippen LogP contribution in [0.5, 0.6) is 0 Å². The van der Waals surface area contributed by atoms with E-state index in [9.17, 15) is 9.59 Å². The predicted octanol–water partition coefficient (Wildman–Crippen LogP) is 1.13. The zero-order valence-corrected chi connectivity index (χ0v) is 12.5. The van der Waals surface area contributed by atoms with Crippen molar-refractivity contribution < 1.29 is 9.53 Å². The average molecular weight is 340 g/mol. The van der Waals surface area contributed by atoms with Crippen molar-refractivity contribution in [2.45, 2.75) is 13.0 Å². The van der Waals surface area contributed by atoms with Gasteiger partial charge in [0.05, 0.1) is 13.0 Å². The number of nitrogens with zero attached hydrogens (tertiary/aromatic N) is 3. The van der Waals surface area contributed by atoms with Gasteiger partial charge in [-0.2, -0.15) is 5.10 Å². The number of carbonyl (C=O) groups excluding carboxylic acids is 1. The number of rotatable bonds is 5. The van der Waals surface area contributed by atoms with Crippen molar-refractivity contribution in [1.82, 2.24) is 14.3 Å². The minimum atomic E-state index is -0.336. The highest BCUT2D eigenvalue weighted by atomic mass is 79.9. The number of hydrogen-bond donors (Lipinski definition) is 0. The van der Waals surface area contributed by atoms with E-state index in [1.807, 2.05) is 0 Å². The van der Waals surface area contributed by atoms with Crippen LogP contribution < -0.4 is 5.56 Å². The molecule has 20 heavy (non-hydrogen) atoms. The second-order valence-electron chi connectivity index (χ2n) is 4.22. The van der Waals surface area contributed by atoms with E-state index in [0.717, 1.165) is 10.2 Å². The largest absolute Gasteiger partial charge is 0.463 e. The molecule has 0 aromatic carbocycles. The first-order chi connectivity index (χ1) is 9.56. The molecular weight excluding hydrogens is 326 g/mol. The summed E-state index contributed by atoms with van der Waals surface area (Å²) in [6.45, 7) is 0.489. The van der Waals surface area contributed by atoms with Gasteiger partial charge in [0.2, 0.25) is 0 Å². The fourth-order valence-corrected chi connectivity index (χ4v) is 2.09. The van der Waals surface area contributed by atoms with Gasteiger partial charge in [-0.25, -0.2) is 0 Å². The second-order valence-corrected chi connectivity index (χ2v) is 5.14. The van der Waals surface area contributed by atoms with Gasteiger partial charge in [0.25, 0.3) is 5.56 Å². The van der Waals surface area contributed by atoms with Crippen LogP contribution in [0.4, 0.5) is 0 Å². The molecule has 2 aromatic rings. The maximum Gasteiger partial charge on any atom is 0.311 e. The van der Waals surface area contributed by atoms with E-state index in [-0.39, 0.29) is 24.6 Å². The molecule has 0 aliphatic heterocycles. The van der Waals surface area contributed by atoms with E-state index in [4.69, 9.17) is 4.74 Å². The van der Waals surface area contributed by atoms with Crippen LogP contribution in [-0.4, -0.2) is 26.9 Å². The van der Waals surface area contributed by atoms with Crippen molar-refractivity contribution in [2.24, 2.45) is 7.05 Å². The summed E-state index contributed by atoms with van der Waals surface area (Å²) in [6.07, 6.45) is 3.46. The predicted molar refractivity (Wildman–Crippen MR) is 76.3 cm³/mol. The van der Waals surface area contributed by atoms with E-state index < -0.39 is 0 Å². The maximum absolute atomic E-state index is 11.6. The molecule has 0 aliphatic rings. The van der Waals surface area contributed by atoms with Crippen LogP contribution in [0, 0.1) is 0 Å². The second kappa shape index (κ2) is 6.51. The fraction of sp³-hybridized carbons (Fsp3) is 0.308. The van der Waals surface area contributed by atoms with Gasteiger partial charge in [0, 0.05) is 35.7 Å². The lowest BCUT2D eigenvalue weighted by Gasteiger charge is -2.07. The number of pyridine rings is 1. The number of carbonyl (C=O) groups is 1. The van der Waals surface area contributed by atoms with E-state index in [1.165, 1.54) is 10.6 Å². The Labute approximate surface area is 124 Å². The van der Waals surface area contributed by atoms with Gasteiger partial charge in [-0.1, -0.05) is 0 Å². The monoisotopic (exact) mass is 339 g/mol. The number of halogens is 1. The SMILES string of the molecule is Cn1nccc1CC(=O)OCCn1cc(Br)ccc1=O. The number of aromatic nitrogens is 3. The zero-order chi connectivity index (χ0) is 14.5. The summed E-state index contributed by atoms with van der Waals surface area (Å²) < 4.78 is 9.03. The summed E-state index contributed by atoms with van der Waals surface area (Å²) >= 11 is 3.29. The van der Waals surface area contributed by atoms with Crippen molar-refractivity contribution in [1.29, 1.82) is 0 Å². The van der Waals surface area contributed by atoms with Crippen LogP contribution in [0.25, 0.3) is 0 Å². The number of esters is 1. The van der Waals surface area contributed by atoms with Crippen LogP contribution in [0.3, 0.4) is 0 Å². The highest BCUT2D eigenvalue weighted by molar-refractivity contribution is 9.10. The molecule has 2 rings (SSSR count). The zero-order valence-electron chi connectivity index (χ0n) is 11.0. The molecule has 7 heteroatoms. The molecule has 0 aliphatic carbocycles. The summed E-state index contributed by atoms with van der Waals surface area (Å²) in [5.74, 6) is -0.336. The van der Waals surface area contributed by atoms with Gasteiger partial charge in [-0.15, -0.1) is 0 Å². The molecule has 0 N–H and O–H groups in total. The lowest BCUT2D eigenvalue weighted by molar-refractivity contribution is -0.143. The van der Waals surface area contributed by atoms with Crippen LogP contribution in [0.2, 0.25) is 0 Å². The molecule has 0 saturated heterocycles. The molecular formula is C13H14BrN3O3. The van der Waals surface area contributed by atoms with Crippen molar-refractivity contribution in [2.75, 3.05) is 6.61 Å². The van der Waals surface area contributed by atoms with Gasteiger partial charge >= 0.3 is 5.97 Å². The highest BCUT2D eigenvalue weighted by Crippen LogP contribution is 2.05. The quantitative estimate of drug-likeness (QED) is 0.766. The molecule has 0 radical (unpaired) electrons. The van der Waals surface area contributed by atoms with Crippen molar-refractivity contribution in [3.8, 4) is 0 Å². The standard InChI is InChI=1S/C13H14BrN3O3/c1-16-11(4-5-15-16)8-13(19)20-7-6-17-9-10(14)2-3-12(17)18/h2-5,9H,6-8H2,1H3. The number of hydrogen-bond acceptors (Lipinski definition) is 4. The Hall–Kier alpha value is -1.89. The minimum absolute atomic E-state index is 0.129. The van der Waals surface area contributed by atoms with Gasteiger partial charge in [-0.05, 0) is 28.1 Å². The van der Waals surface area contributed by atoms with Crippen molar-refractivity contribution in [3.05, 3.63) is 51.1 Å². The summed E-state index contributed by atoms with van der Waals surface area (Å²) in [5, 5.41) is 3.98. The minimum Gasteiger partial charge on any atom is -0.463 e. The molecule has 2 aromatic heterocycles. The third-order valence-electron chi connectivity index (χ3n) is 2.79. The van der Waals surface area contributed by atoms with E-state index in [2.05, 4.69) is 21.0 Å². The lowest BCUT2D eigenvalue weighted by Crippen LogP contribution is -2.22. The molecule has 0 bridgehead atoms. The molecule has 0 saturated carbocycles. The molecule has 0 unspecified atom stereocenters. The van der Waals surface area contributed by atoms with Gasteiger partial charge in [-0.3, -0.25) is 14.3 Å². The number of ether oxygens (including phenoxy) is 1. The Morgan fingerprint density at radius 1 is 1.40 bits per heavy atom. The Morgan fingerprint density at radius 2 is 2.20 bits per heavy atom. The Morgan fingerprint density at radius 3 is 2.90 bits per heavy atom. The van der Waals surface area contributed by atoms with E-state index >= 15 is 0 Å². The third kappa shape index (κ3) is 3.80. The Kier molecular flexibility index (Phi) is 4.73. The summed E-state index contributed by atoms with van der Waals surface area (Å²) in [6, 6.07) is 4.90. The lowest BCUT2D eigenvalue weighted by atomic mass is 10.3. The van der Waals surface area contributed by atoms with Crippen LogP contribution in [-0.2, 0) is 29.5 Å². The van der Waals surface area contributed by atoms with Crippen LogP contribution >= 0.6 is 15.9 Å². The van der Waals surface area contributed by atoms with E-state index in [0.29, 0.717) is 6.54 Å². The first-order valence-electron chi connectivity index (χ1n) is 6.05. The van der Waals surface area contributed by atoms with Gasteiger partial charge < -0.3 is 9.30 Å². The Balaban J connectivity index is 1.84. The molecule has 0 spiro atoms. The van der Waals surface area contributed by atoms with E-state index in [1.54, 1.807) is 36.3 Å². The summed E-state index contributed by atoms with van der Waals surface area (Å²) in [5.41, 5.74) is 0.658. The molecule has 0 fully saturated rings. The molecule has 6 nitrogen and oxygen atoms in total. The number of aryl methyl sites for hydroxylation is 1. The van der Waals surface area contributed by atoms with Crippen LogP contribution in [0.1, 0.15) is 5.69 Å². The highest BCUT2D eigenvalue weighted by Gasteiger charge is 2.08. The summed E-state index contributed by atoms with van der Waals surface area (Å²) in [4.78, 5) is 23.2. The summed E-state index contributed by atoms with van der Waals surface area (Å²) in [7, 11) is 1.77. The average Bonchev–Trinajstić information content (AvgIpc) is 2.79. The van der Waals surface area contributed by atoms with Gasteiger partial charge in [0.1, 0.15) is 6.61 Å². The topological polar surface area (TPSA) is 66.1 Å². The molecule has 0 amide bonds. The third-order valence-corrected chi connectivity index (χ3v) is 3.26. The maximum atomic E-state index is 11.6. The first-order valence-corrected chi connectivity index (χ1v) is 6.84. The Bertz CT molecular complexity index is 663. The smallest absolute Gasteiger partial charge is 0.311 e. The molecule has 106 valence electrons. The van der Waals surface area contributed by atoms with Crippen LogP contribution in [0.15, 0.2) is 39.9 Å². The molecule has 0 atom stereocenters. The van der Waals surface area contributed by atoms with Crippen molar-refractivity contribution >= 4 is 21.9 Å². The molecule has 2 heterocycles. The van der Waals surface area contributed by atoms with Crippen molar-refractivity contribution in [3.63, 3.8) is 0 Å². The fourth-order valence-electron chi connectivity index (χ4n) is 1.71. The van der Waals surface area contributed by atoms with Gasteiger partial charge in [0.15, 0.2) is 0 Å². The first kappa shape index (κ1) is 14.5.